The number of methoxy groups -OCH3 is 1. The van der Waals surface area contributed by atoms with Crippen molar-refractivity contribution in [2.45, 2.75) is 12.6 Å². The Balaban J connectivity index is 1.88. The molecule has 0 saturated carbocycles. The maximum absolute atomic E-state index is 8.27. The Morgan fingerprint density at radius 3 is 3.06 bits per heavy atom. The molecule has 0 atom stereocenters. The number of rotatable bonds is 4. The van der Waals surface area contributed by atoms with Gasteiger partial charge in [0.05, 0.1) is 13.2 Å². The molecular formula is C11H14N4O. The third-order valence-corrected chi connectivity index (χ3v) is 2.69. The lowest BCUT2D eigenvalue weighted by Crippen LogP contribution is -2.48. The minimum absolute atomic E-state index is 0.149. The molecule has 16 heavy (non-hydrogen) atoms. The maximum atomic E-state index is 8.27. The lowest BCUT2D eigenvalue weighted by molar-refractivity contribution is 0.142. The predicted octanol–water partition coefficient (Wildman–Crippen LogP) is 2.19. The number of azide groups is 1. The first-order valence-electron chi connectivity index (χ1n) is 5.21. The van der Waals surface area contributed by atoms with Gasteiger partial charge in [-0.3, -0.25) is 4.90 Å². The summed E-state index contributed by atoms with van der Waals surface area (Å²) in [6.07, 6.45) is 0. The maximum Gasteiger partial charge on any atom is 0.119 e. The van der Waals surface area contributed by atoms with Crippen LogP contribution in [0.3, 0.4) is 0 Å². The number of hydrogen-bond acceptors (Lipinski definition) is 3. The van der Waals surface area contributed by atoms with Crippen molar-refractivity contribution >= 4 is 0 Å². The quantitative estimate of drug-likeness (QED) is 0.442. The number of benzene rings is 1. The summed E-state index contributed by atoms with van der Waals surface area (Å²) in [5, 5.41) is 3.67. The summed E-state index contributed by atoms with van der Waals surface area (Å²) in [6, 6.07) is 8.17. The topological polar surface area (TPSA) is 61.2 Å². The lowest BCUT2D eigenvalue weighted by Gasteiger charge is -2.36. The standard InChI is InChI=1S/C11H14N4O/c1-16-11-4-2-3-9(5-11)6-15-7-10(8-15)13-14-12/h2-5,10H,6-8H2,1H3. The van der Waals surface area contributed by atoms with Gasteiger partial charge in [0.1, 0.15) is 5.75 Å². The van der Waals surface area contributed by atoms with Crippen molar-refractivity contribution in [3.8, 4) is 5.75 Å². The molecular weight excluding hydrogens is 204 g/mol. The zero-order chi connectivity index (χ0) is 11.4. The Morgan fingerprint density at radius 2 is 2.38 bits per heavy atom. The van der Waals surface area contributed by atoms with E-state index in [1.54, 1.807) is 7.11 Å². The Kier molecular flexibility index (Phi) is 3.29. The Labute approximate surface area is 94.3 Å². The van der Waals surface area contributed by atoms with Gasteiger partial charge >= 0.3 is 0 Å². The van der Waals surface area contributed by atoms with Crippen molar-refractivity contribution < 1.29 is 4.74 Å². The molecule has 84 valence electrons. The predicted molar refractivity (Wildman–Crippen MR) is 61.2 cm³/mol. The number of hydrogen-bond donors (Lipinski definition) is 0. The largest absolute Gasteiger partial charge is 0.497 e. The molecule has 1 aromatic rings. The minimum Gasteiger partial charge on any atom is -0.497 e. The third-order valence-electron chi connectivity index (χ3n) is 2.69. The van der Waals surface area contributed by atoms with Gasteiger partial charge in [-0.25, -0.2) is 0 Å². The summed E-state index contributed by atoms with van der Waals surface area (Å²) in [6.45, 7) is 2.58. The van der Waals surface area contributed by atoms with Gasteiger partial charge in [0.2, 0.25) is 0 Å². The molecule has 0 amide bonds. The zero-order valence-corrected chi connectivity index (χ0v) is 9.21. The highest BCUT2D eigenvalue weighted by atomic mass is 16.5. The van der Waals surface area contributed by atoms with Gasteiger partial charge in [-0.2, -0.15) is 0 Å². The van der Waals surface area contributed by atoms with Crippen LogP contribution in [0.15, 0.2) is 29.4 Å². The van der Waals surface area contributed by atoms with E-state index in [0.29, 0.717) is 0 Å². The van der Waals surface area contributed by atoms with Gasteiger partial charge in [-0.15, -0.1) is 0 Å². The summed E-state index contributed by atoms with van der Waals surface area (Å²) in [5.41, 5.74) is 9.49. The molecule has 1 heterocycles. The third kappa shape index (κ3) is 2.45. The van der Waals surface area contributed by atoms with Crippen LogP contribution in [-0.2, 0) is 6.54 Å². The van der Waals surface area contributed by atoms with Crippen molar-refractivity contribution in [1.29, 1.82) is 0 Å². The van der Waals surface area contributed by atoms with Crippen LogP contribution < -0.4 is 4.74 Å². The van der Waals surface area contributed by atoms with Gasteiger partial charge in [0.15, 0.2) is 0 Å². The Bertz CT molecular complexity index is 408. The molecule has 0 aromatic heterocycles. The number of likely N-dealkylation sites (tertiary alicyclic amines) is 1. The first kappa shape index (κ1) is 10.8. The van der Waals surface area contributed by atoms with Gasteiger partial charge in [0, 0.05) is 24.5 Å². The zero-order valence-electron chi connectivity index (χ0n) is 9.21. The van der Waals surface area contributed by atoms with Crippen LogP contribution in [0.1, 0.15) is 5.56 Å². The molecule has 1 fully saturated rings. The highest BCUT2D eigenvalue weighted by molar-refractivity contribution is 5.28. The van der Waals surface area contributed by atoms with E-state index in [1.165, 1.54) is 5.56 Å². The summed E-state index contributed by atoms with van der Waals surface area (Å²) in [5.74, 6) is 0.879. The van der Waals surface area contributed by atoms with Gasteiger partial charge < -0.3 is 4.74 Å². The van der Waals surface area contributed by atoms with E-state index in [-0.39, 0.29) is 6.04 Å². The second-order valence-corrected chi connectivity index (χ2v) is 3.90. The molecule has 0 spiro atoms. The molecule has 1 saturated heterocycles. The summed E-state index contributed by atoms with van der Waals surface area (Å²) in [7, 11) is 1.67. The average Bonchev–Trinajstić information content (AvgIpc) is 2.27. The van der Waals surface area contributed by atoms with E-state index in [0.717, 1.165) is 25.4 Å². The van der Waals surface area contributed by atoms with E-state index in [1.807, 2.05) is 18.2 Å². The van der Waals surface area contributed by atoms with Crippen molar-refractivity contribution in [2.75, 3.05) is 20.2 Å². The highest BCUT2D eigenvalue weighted by Gasteiger charge is 2.25. The van der Waals surface area contributed by atoms with Crippen LogP contribution in [0.2, 0.25) is 0 Å². The van der Waals surface area contributed by atoms with Crippen molar-refractivity contribution in [3.63, 3.8) is 0 Å². The molecule has 0 aliphatic carbocycles. The normalized spacial score (nSPS) is 16.3. The second-order valence-electron chi connectivity index (χ2n) is 3.90. The van der Waals surface area contributed by atoms with Gasteiger partial charge in [-0.1, -0.05) is 17.2 Å². The van der Waals surface area contributed by atoms with Crippen LogP contribution in [0.25, 0.3) is 10.4 Å². The molecule has 1 aromatic carbocycles. The summed E-state index contributed by atoms with van der Waals surface area (Å²) >= 11 is 0. The molecule has 5 nitrogen and oxygen atoms in total. The van der Waals surface area contributed by atoms with E-state index in [9.17, 15) is 0 Å². The van der Waals surface area contributed by atoms with Crippen molar-refractivity contribution in [2.24, 2.45) is 5.11 Å². The van der Waals surface area contributed by atoms with Crippen LogP contribution in [0, 0.1) is 0 Å². The minimum atomic E-state index is 0.149. The van der Waals surface area contributed by atoms with Crippen molar-refractivity contribution in [3.05, 3.63) is 40.3 Å². The average molecular weight is 218 g/mol. The molecule has 1 aliphatic rings. The SMILES string of the molecule is COc1cccc(CN2CC(N=[N+]=[N-])C2)c1. The lowest BCUT2D eigenvalue weighted by atomic mass is 10.1. The van der Waals surface area contributed by atoms with E-state index >= 15 is 0 Å². The highest BCUT2D eigenvalue weighted by Crippen LogP contribution is 2.18. The fourth-order valence-corrected chi connectivity index (χ4v) is 1.85. The Morgan fingerprint density at radius 1 is 1.56 bits per heavy atom. The van der Waals surface area contributed by atoms with Crippen LogP contribution in [-0.4, -0.2) is 31.1 Å². The van der Waals surface area contributed by atoms with Crippen LogP contribution >= 0.6 is 0 Å². The summed E-state index contributed by atoms with van der Waals surface area (Å²) in [4.78, 5) is 5.05. The fourth-order valence-electron chi connectivity index (χ4n) is 1.85. The van der Waals surface area contributed by atoms with Crippen molar-refractivity contribution in [1.82, 2.24) is 4.90 Å². The molecule has 1 aliphatic heterocycles. The monoisotopic (exact) mass is 218 g/mol. The molecule has 0 bridgehead atoms. The molecule has 0 radical (unpaired) electrons. The van der Waals surface area contributed by atoms with Crippen LogP contribution in [0.5, 0.6) is 5.75 Å². The first-order chi connectivity index (χ1) is 7.81. The number of ether oxygens (including phenoxy) is 1. The Hall–Kier alpha value is -1.71. The number of nitrogens with zero attached hydrogens (tertiary/aromatic N) is 4. The van der Waals surface area contributed by atoms with E-state index in [2.05, 4.69) is 21.0 Å². The summed E-state index contributed by atoms with van der Waals surface area (Å²) < 4.78 is 5.16. The molecule has 2 rings (SSSR count). The van der Waals surface area contributed by atoms with Gasteiger partial charge in [-0.05, 0) is 23.2 Å². The fraction of sp³-hybridized carbons (Fsp3) is 0.455. The van der Waals surface area contributed by atoms with E-state index in [4.69, 9.17) is 10.3 Å². The smallest absolute Gasteiger partial charge is 0.119 e. The molecule has 5 heteroatoms. The molecule has 0 N–H and O–H groups in total. The second kappa shape index (κ2) is 4.88. The van der Waals surface area contributed by atoms with E-state index < -0.39 is 0 Å². The first-order valence-corrected chi connectivity index (χ1v) is 5.21. The van der Waals surface area contributed by atoms with Gasteiger partial charge in [0.25, 0.3) is 0 Å². The van der Waals surface area contributed by atoms with Crippen LogP contribution in [0.4, 0.5) is 0 Å². The molecule has 0 unspecified atom stereocenters.